The standard InChI is InChI=1S/C23H33N3O2/c1-23(2,21(27)25-14-7-4-8-15-25)22(28)26-18-16-24(17-19-26)13-9-12-20-10-5-3-6-11-20/h3,5-6,9-12H,4,7-8,13-19H2,1-2H3/b12-9+. The molecule has 2 aliphatic heterocycles. The van der Waals surface area contributed by atoms with Gasteiger partial charge >= 0.3 is 0 Å². The topological polar surface area (TPSA) is 43.9 Å². The fourth-order valence-corrected chi connectivity index (χ4v) is 4.01. The van der Waals surface area contributed by atoms with Gasteiger partial charge in [0.2, 0.25) is 11.8 Å². The van der Waals surface area contributed by atoms with Crippen molar-refractivity contribution in [1.82, 2.24) is 14.7 Å². The molecule has 5 nitrogen and oxygen atoms in total. The summed E-state index contributed by atoms with van der Waals surface area (Å²) in [6.07, 6.45) is 7.59. The number of rotatable bonds is 5. The van der Waals surface area contributed by atoms with Gasteiger partial charge in [0.25, 0.3) is 0 Å². The smallest absolute Gasteiger partial charge is 0.237 e. The van der Waals surface area contributed by atoms with Crippen LogP contribution in [-0.2, 0) is 9.59 Å². The number of hydrogen-bond acceptors (Lipinski definition) is 3. The lowest BCUT2D eigenvalue weighted by Gasteiger charge is -2.40. The van der Waals surface area contributed by atoms with Crippen molar-refractivity contribution in [1.29, 1.82) is 0 Å². The highest BCUT2D eigenvalue weighted by Crippen LogP contribution is 2.25. The Morgan fingerprint density at radius 3 is 2.04 bits per heavy atom. The van der Waals surface area contributed by atoms with Crippen molar-refractivity contribution in [2.24, 2.45) is 5.41 Å². The second-order valence-electron chi connectivity index (χ2n) is 8.38. The normalized spacial score (nSPS) is 19.2. The number of amides is 2. The molecule has 28 heavy (non-hydrogen) atoms. The number of piperidine rings is 1. The van der Waals surface area contributed by atoms with Crippen LogP contribution in [0.4, 0.5) is 0 Å². The van der Waals surface area contributed by atoms with E-state index in [0.717, 1.165) is 45.6 Å². The van der Waals surface area contributed by atoms with E-state index < -0.39 is 5.41 Å². The van der Waals surface area contributed by atoms with Crippen LogP contribution in [0.1, 0.15) is 38.7 Å². The molecule has 2 saturated heterocycles. The molecule has 2 amide bonds. The molecule has 0 spiro atoms. The SMILES string of the molecule is CC(C)(C(=O)N1CCCCC1)C(=O)N1CCN(C/C=C/c2ccccc2)CC1. The summed E-state index contributed by atoms with van der Waals surface area (Å²) < 4.78 is 0. The van der Waals surface area contributed by atoms with Crippen LogP contribution in [0, 0.1) is 5.41 Å². The Morgan fingerprint density at radius 1 is 0.857 bits per heavy atom. The Bertz CT molecular complexity index is 685. The number of benzene rings is 1. The van der Waals surface area contributed by atoms with Crippen LogP contribution in [0.5, 0.6) is 0 Å². The zero-order valence-corrected chi connectivity index (χ0v) is 17.3. The van der Waals surface area contributed by atoms with E-state index in [0.29, 0.717) is 13.1 Å². The maximum Gasteiger partial charge on any atom is 0.237 e. The summed E-state index contributed by atoms with van der Waals surface area (Å²) in [6, 6.07) is 10.3. The Hall–Kier alpha value is -2.14. The summed E-state index contributed by atoms with van der Waals surface area (Å²) in [6.45, 7) is 9.12. The average molecular weight is 384 g/mol. The fraction of sp³-hybridized carbons (Fsp3) is 0.565. The molecule has 0 radical (unpaired) electrons. The number of hydrogen-bond donors (Lipinski definition) is 0. The number of likely N-dealkylation sites (tertiary alicyclic amines) is 1. The van der Waals surface area contributed by atoms with Crippen LogP contribution in [0.2, 0.25) is 0 Å². The molecule has 0 saturated carbocycles. The zero-order valence-electron chi connectivity index (χ0n) is 17.3. The molecule has 1 aromatic rings. The van der Waals surface area contributed by atoms with E-state index in [2.05, 4.69) is 29.2 Å². The van der Waals surface area contributed by atoms with Crippen LogP contribution in [0.25, 0.3) is 6.08 Å². The monoisotopic (exact) mass is 383 g/mol. The second-order valence-corrected chi connectivity index (χ2v) is 8.38. The third kappa shape index (κ3) is 5.02. The minimum atomic E-state index is -0.966. The number of carbonyl (C=O) groups excluding carboxylic acids is 2. The highest BCUT2D eigenvalue weighted by atomic mass is 16.2. The second kappa shape index (κ2) is 9.37. The molecule has 152 valence electrons. The van der Waals surface area contributed by atoms with E-state index in [1.165, 1.54) is 12.0 Å². The molecule has 2 fully saturated rings. The Labute approximate surface area is 169 Å². The van der Waals surface area contributed by atoms with E-state index in [9.17, 15) is 9.59 Å². The van der Waals surface area contributed by atoms with Crippen molar-refractivity contribution in [3.8, 4) is 0 Å². The van der Waals surface area contributed by atoms with E-state index in [1.54, 1.807) is 13.8 Å². The highest BCUT2D eigenvalue weighted by Gasteiger charge is 2.42. The summed E-state index contributed by atoms with van der Waals surface area (Å²) in [5.41, 5.74) is 0.237. The Morgan fingerprint density at radius 2 is 1.43 bits per heavy atom. The molecule has 0 aliphatic carbocycles. The minimum absolute atomic E-state index is 0.00887. The molecule has 2 aliphatic rings. The lowest BCUT2D eigenvalue weighted by molar-refractivity contribution is -0.155. The predicted molar refractivity (Wildman–Crippen MR) is 113 cm³/mol. The van der Waals surface area contributed by atoms with Gasteiger partial charge in [0.15, 0.2) is 0 Å². The van der Waals surface area contributed by atoms with Gasteiger partial charge in [0, 0.05) is 45.8 Å². The zero-order chi connectivity index (χ0) is 20.0. The van der Waals surface area contributed by atoms with E-state index in [-0.39, 0.29) is 11.8 Å². The van der Waals surface area contributed by atoms with Gasteiger partial charge in [-0.25, -0.2) is 0 Å². The quantitative estimate of drug-likeness (QED) is 0.735. The first-order valence-corrected chi connectivity index (χ1v) is 10.5. The van der Waals surface area contributed by atoms with E-state index in [1.807, 2.05) is 28.0 Å². The van der Waals surface area contributed by atoms with Gasteiger partial charge < -0.3 is 9.80 Å². The van der Waals surface area contributed by atoms with Crippen LogP contribution < -0.4 is 0 Å². The molecule has 5 heteroatoms. The highest BCUT2D eigenvalue weighted by molar-refractivity contribution is 6.04. The molecular weight excluding hydrogens is 350 g/mol. The molecule has 0 bridgehead atoms. The molecule has 0 N–H and O–H groups in total. The van der Waals surface area contributed by atoms with Gasteiger partial charge in [-0.2, -0.15) is 0 Å². The van der Waals surface area contributed by atoms with Gasteiger partial charge in [-0.15, -0.1) is 0 Å². The van der Waals surface area contributed by atoms with Crippen molar-refractivity contribution in [2.75, 3.05) is 45.8 Å². The maximum absolute atomic E-state index is 13.1. The van der Waals surface area contributed by atoms with Gasteiger partial charge in [-0.3, -0.25) is 14.5 Å². The van der Waals surface area contributed by atoms with Crippen LogP contribution in [0.15, 0.2) is 36.4 Å². The first kappa shape index (κ1) is 20.6. The van der Waals surface area contributed by atoms with Gasteiger partial charge in [0.1, 0.15) is 5.41 Å². The van der Waals surface area contributed by atoms with E-state index >= 15 is 0 Å². The van der Waals surface area contributed by atoms with Crippen molar-refractivity contribution >= 4 is 17.9 Å². The lowest BCUT2D eigenvalue weighted by atomic mass is 9.88. The number of carbonyl (C=O) groups is 2. The van der Waals surface area contributed by atoms with Crippen LogP contribution >= 0.6 is 0 Å². The first-order chi connectivity index (χ1) is 13.5. The molecule has 3 rings (SSSR count). The average Bonchev–Trinajstić information content (AvgIpc) is 2.74. The summed E-state index contributed by atoms with van der Waals surface area (Å²) in [7, 11) is 0. The van der Waals surface area contributed by atoms with Crippen LogP contribution in [-0.4, -0.2) is 72.3 Å². The number of piperazine rings is 1. The van der Waals surface area contributed by atoms with Crippen molar-refractivity contribution in [3.63, 3.8) is 0 Å². The summed E-state index contributed by atoms with van der Waals surface area (Å²) in [4.78, 5) is 32.1. The van der Waals surface area contributed by atoms with Crippen molar-refractivity contribution in [2.45, 2.75) is 33.1 Å². The summed E-state index contributed by atoms with van der Waals surface area (Å²) in [5.74, 6) is -0.0343. The fourth-order valence-electron chi connectivity index (χ4n) is 4.01. The molecule has 0 unspecified atom stereocenters. The first-order valence-electron chi connectivity index (χ1n) is 10.5. The Kier molecular flexibility index (Phi) is 6.89. The third-order valence-electron chi connectivity index (χ3n) is 5.85. The van der Waals surface area contributed by atoms with Gasteiger partial charge in [0.05, 0.1) is 0 Å². The Balaban J connectivity index is 1.48. The minimum Gasteiger partial charge on any atom is -0.342 e. The van der Waals surface area contributed by atoms with Crippen LogP contribution in [0.3, 0.4) is 0 Å². The summed E-state index contributed by atoms with van der Waals surface area (Å²) >= 11 is 0. The third-order valence-corrected chi connectivity index (χ3v) is 5.85. The predicted octanol–water partition coefficient (Wildman–Crippen LogP) is 2.88. The van der Waals surface area contributed by atoms with Crippen molar-refractivity contribution in [3.05, 3.63) is 42.0 Å². The molecule has 2 heterocycles. The summed E-state index contributed by atoms with van der Waals surface area (Å²) in [5, 5.41) is 0. The molecule has 1 aromatic carbocycles. The molecular formula is C23H33N3O2. The molecule has 0 atom stereocenters. The van der Waals surface area contributed by atoms with Gasteiger partial charge in [-0.05, 0) is 38.7 Å². The van der Waals surface area contributed by atoms with Crippen molar-refractivity contribution < 1.29 is 9.59 Å². The maximum atomic E-state index is 13.1. The largest absolute Gasteiger partial charge is 0.342 e. The van der Waals surface area contributed by atoms with Gasteiger partial charge in [-0.1, -0.05) is 42.5 Å². The lowest BCUT2D eigenvalue weighted by Crippen LogP contribution is -2.56. The number of nitrogens with zero attached hydrogens (tertiary/aromatic N) is 3. The molecule has 0 aromatic heterocycles. The van der Waals surface area contributed by atoms with E-state index in [4.69, 9.17) is 0 Å².